The van der Waals surface area contributed by atoms with Crippen molar-refractivity contribution >= 4 is 26.6 Å². The third kappa shape index (κ3) is 13.6. The van der Waals surface area contributed by atoms with Gasteiger partial charge in [0.2, 0.25) is 0 Å². The lowest BCUT2D eigenvalue weighted by Gasteiger charge is -2.40. The average Bonchev–Trinajstić information content (AvgIpc) is 2.41. The summed E-state index contributed by atoms with van der Waals surface area (Å²) in [6.07, 6.45) is 0. The van der Waals surface area contributed by atoms with Crippen molar-refractivity contribution in [3.63, 3.8) is 0 Å². The molecule has 0 saturated heterocycles. The van der Waals surface area contributed by atoms with Crippen molar-refractivity contribution in [2.45, 2.75) is 119 Å². The second-order valence-corrected chi connectivity index (χ2v) is 22.1. The summed E-state index contributed by atoms with van der Waals surface area (Å²) in [5.74, 6) is 4.32. The molecule has 0 saturated carbocycles. The average molecular weight is 461 g/mol. The molecular weight excluding hydrogens is 405 g/mol. The Morgan fingerprint density at radius 3 is 0.724 bits per heavy atom. The molecule has 0 N–H and O–H groups in total. The maximum atomic E-state index is 7.05. The van der Waals surface area contributed by atoms with Gasteiger partial charge in [0.15, 0.2) is 16.6 Å². The third-order valence-corrected chi connectivity index (χ3v) is 20.6. The van der Waals surface area contributed by atoms with Crippen molar-refractivity contribution in [3.05, 3.63) is 0 Å². The smallest absolute Gasteiger partial charge is 0.283 e. The molecule has 0 aromatic rings. The molecule has 2 nitrogen and oxygen atoms in total. The predicted molar refractivity (Wildman–Crippen MR) is 140 cm³/mol. The monoisotopic (exact) mass is 460 g/mol. The van der Waals surface area contributed by atoms with E-state index in [4.69, 9.17) is 8.23 Å². The SMILES string of the molecule is CC(C)C[Si](CC(C)C)(CC(C)C)O[SiH2]O[Si](CC(C)C)(CC(C)C)CC(C)C. The molecule has 5 heteroatoms. The van der Waals surface area contributed by atoms with Gasteiger partial charge in [-0.1, -0.05) is 83.1 Å². The summed E-state index contributed by atoms with van der Waals surface area (Å²) < 4.78 is 14.1. The molecule has 0 spiro atoms. The minimum absolute atomic E-state index is 0.720. The van der Waals surface area contributed by atoms with E-state index in [1.54, 1.807) is 0 Å². The molecule has 0 rings (SSSR count). The lowest BCUT2D eigenvalue weighted by atomic mass is 10.2. The lowest BCUT2D eigenvalue weighted by molar-refractivity contribution is 0.399. The van der Waals surface area contributed by atoms with E-state index >= 15 is 0 Å². The van der Waals surface area contributed by atoms with Crippen LogP contribution in [0.5, 0.6) is 0 Å². The summed E-state index contributed by atoms with van der Waals surface area (Å²) in [5, 5.41) is 0. The molecule has 0 aromatic heterocycles. The Labute approximate surface area is 189 Å². The maximum absolute atomic E-state index is 7.05. The van der Waals surface area contributed by atoms with Gasteiger partial charge in [-0.25, -0.2) is 0 Å². The van der Waals surface area contributed by atoms with Gasteiger partial charge in [0.1, 0.15) is 0 Å². The van der Waals surface area contributed by atoms with E-state index in [1.807, 2.05) is 0 Å². The van der Waals surface area contributed by atoms with Crippen LogP contribution in [-0.4, -0.2) is 26.6 Å². The van der Waals surface area contributed by atoms with Crippen molar-refractivity contribution in [2.75, 3.05) is 0 Å². The van der Waals surface area contributed by atoms with Crippen molar-refractivity contribution < 1.29 is 8.23 Å². The summed E-state index contributed by atoms with van der Waals surface area (Å²) in [6.45, 7) is 28.5. The van der Waals surface area contributed by atoms with Crippen molar-refractivity contribution in [1.29, 1.82) is 0 Å². The summed E-state index contributed by atoms with van der Waals surface area (Å²) in [5.41, 5.74) is 0. The highest BCUT2D eigenvalue weighted by Crippen LogP contribution is 2.36. The molecule has 0 aliphatic carbocycles. The Hall–Kier alpha value is 0.571. The van der Waals surface area contributed by atoms with Crippen LogP contribution in [0.3, 0.4) is 0 Å². The fourth-order valence-corrected chi connectivity index (χ4v) is 21.1. The van der Waals surface area contributed by atoms with Crippen LogP contribution in [-0.2, 0) is 8.23 Å². The van der Waals surface area contributed by atoms with E-state index in [2.05, 4.69) is 83.1 Å². The van der Waals surface area contributed by atoms with Gasteiger partial charge in [0.25, 0.3) is 10.0 Å². The predicted octanol–water partition coefficient (Wildman–Crippen LogP) is 7.85. The molecule has 0 radical (unpaired) electrons. The Kier molecular flexibility index (Phi) is 14.1. The van der Waals surface area contributed by atoms with E-state index in [1.165, 1.54) is 36.3 Å². The maximum Gasteiger partial charge on any atom is 0.283 e. The Bertz CT molecular complexity index is 329. The largest absolute Gasteiger partial charge is 0.440 e. The van der Waals surface area contributed by atoms with Gasteiger partial charge in [-0.3, -0.25) is 0 Å². The highest BCUT2D eigenvalue weighted by molar-refractivity contribution is 6.80. The molecule has 0 heterocycles. The van der Waals surface area contributed by atoms with Gasteiger partial charge in [0.05, 0.1) is 0 Å². The van der Waals surface area contributed by atoms with Crippen LogP contribution in [0.25, 0.3) is 0 Å². The van der Waals surface area contributed by atoms with Crippen LogP contribution in [0.1, 0.15) is 83.1 Å². The summed E-state index contributed by atoms with van der Waals surface area (Å²) in [4.78, 5) is 0. The van der Waals surface area contributed by atoms with Gasteiger partial charge >= 0.3 is 0 Å². The molecule has 29 heavy (non-hydrogen) atoms. The first-order valence-corrected chi connectivity index (χ1v) is 18.7. The Balaban J connectivity index is 5.55. The topological polar surface area (TPSA) is 18.5 Å². The first-order valence-electron chi connectivity index (χ1n) is 12.5. The quantitative estimate of drug-likeness (QED) is 0.218. The minimum Gasteiger partial charge on any atom is -0.440 e. The molecule has 0 atom stereocenters. The Morgan fingerprint density at radius 2 is 0.586 bits per heavy atom. The highest BCUT2D eigenvalue weighted by Gasteiger charge is 2.40. The zero-order chi connectivity index (χ0) is 22.8. The fourth-order valence-electron chi connectivity index (χ4n) is 5.60. The number of hydrogen-bond donors (Lipinski definition) is 0. The van der Waals surface area contributed by atoms with E-state index in [-0.39, 0.29) is 0 Å². The van der Waals surface area contributed by atoms with Gasteiger partial charge in [0, 0.05) is 0 Å². The molecule has 0 aliphatic rings. The Morgan fingerprint density at radius 1 is 0.414 bits per heavy atom. The summed E-state index contributed by atoms with van der Waals surface area (Å²) in [6, 6.07) is 7.79. The minimum atomic E-state index is -1.75. The van der Waals surface area contributed by atoms with E-state index < -0.39 is 26.6 Å². The van der Waals surface area contributed by atoms with Crippen LogP contribution in [0.4, 0.5) is 0 Å². The first kappa shape index (κ1) is 29.6. The zero-order valence-electron chi connectivity index (χ0n) is 22.2. The standard InChI is InChI=1S/C24H56O2Si3/c1-19(2)13-28(14-20(3)4,15-21(5)6)25-27-26-29(16-22(7)8,17-23(9)10)18-24(11)12/h19-24H,13-18,27H2,1-12H3. The van der Waals surface area contributed by atoms with Crippen LogP contribution in [0.15, 0.2) is 0 Å². The molecule has 0 aromatic carbocycles. The number of rotatable bonds is 16. The normalized spacial score (nSPS) is 13.9. The molecular formula is C24H56O2Si3. The molecule has 0 unspecified atom stereocenters. The zero-order valence-corrected chi connectivity index (χ0v) is 25.6. The molecule has 0 aliphatic heterocycles. The molecule has 0 bridgehead atoms. The van der Waals surface area contributed by atoms with Gasteiger partial charge in [-0.15, -0.1) is 0 Å². The molecule has 176 valence electrons. The van der Waals surface area contributed by atoms with Crippen LogP contribution in [0.2, 0.25) is 36.3 Å². The fraction of sp³-hybridized carbons (Fsp3) is 1.00. The van der Waals surface area contributed by atoms with Gasteiger partial charge in [-0.2, -0.15) is 0 Å². The van der Waals surface area contributed by atoms with Crippen molar-refractivity contribution in [1.82, 2.24) is 0 Å². The third-order valence-electron chi connectivity index (χ3n) is 5.41. The number of hydrogen-bond acceptors (Lipinski definition) is 2. The lowest BCUT2D eigenvalue weighted by Crippen LogP contribution is -2.48. The van der Waals surface area contributed by atoms with E-state index in [0.29, 0.717) is 0 Å². The second-order valence-electron chi connectivity index (χ2n) is 12.4. The first-order chi connectivity index (χ1) is 13.2. The van der Waals surface area contributed by atoms with Gasteiger partial charge < -0.3 is 8.23 Å². The molecule has 0 fully saturated rings. The van der Waals surface area contributed by atoms with E-state index in [9.17, 15) is 0 Å². The van der Waals surface area contributed by atoms with Crippen LogP contribution in [0, 0.1) is 35.5 Å². The summed E-state index contributed by atoms with van der Waals surface area (Å²) in [7, 11) is -4.42. The van der Waals surface area contributed by atoms with Crippen molar-refractivity contribution in [3.8, 4) is 0 Å². The highest BCUT2D eigenvalue weighted by atomic mass is 28.4. The molecule has 0 amide bonds. The van der Waals surface area contributed by atoms with E-state index in [0.717, 1.165) is 35.5 Å². The summed E-state index contributed by atoms with van der Waals surface area (Å²) >= 11 is 0. The van der Waals surface area contributed by atoms with Gasteiger partial charge in [-0.05, 0) is 71.8 Å². The van der Waals surface area contributed by atoms with Crippen LogP contribution < -0.4 is 0 Å². The van der Waals surface area contributed by atoms with Crippen molar-refractivity contribution in [2.24, 2.45) is 35.5 Å². The second kappa shape index (κ2) is 13.9. The van der Waals surface area contributed by atoms with Crippen LogP contribution >= 0.6 is 0 Å².